The topological polar surface area (TPSA) is 57.5 Å². The number of hydrogen-bond donors (Lipinski definition) is 1. The minimum atomic E-state index is 0. The third-order valence-corrected chi connectivity index (χ3v) is 3.86. The van der Waals surface area contributed by atoms with Crippen molar-refractivity contribution in [1.82, 2.24) is 0 Å². The van der Waals surface area contributed by atoms with Crippen molar-refractivity contribution in [2.45, 2.75) is 46.1 Å². The van der Waals surface area contributed by atoms with E-state index >= 15 is 0 Å². The summed E-state index contributed by atoms with van der Waals surface area (Å²) >= 11 is 0. The van der Waals surface area contributed by atoms with Gasteiger partial charge in [0.05, 0.1) is 0 Å². The van der Waals surface area contributed by atoms with E-state index in [1.54, 1.807) is 0 Å². The molecule has 0 amide bonds. The Kier molecular flexibility index (Phi) is 5.52. The summed E-state index contributed by atoms with van der Waals surface area (Å²) in [5.74, 6) is 0. The van der Waals surface area contributed by atoms with Crippen LogP contribution in [0.4, 0.5) is 0 Å². The molecule has 0 heterocycles. The van der Waals surface area contributed by atoms with E-state index in [0.29, 0.717) is 0 Å². The highest BCUT2D eigenvalue weighted by Gasteiger charge is 2.14. The van der Waals surface area contributed by atoms with Crippen LogP contribution in [0.5, 0.6) is 0 Å². The maximum Gasteiger partial charge on any atom is 0.0303 e. The van der Waals surface area contributed by atoms with E-state index in [-0.39, 0.29) is 11.5 Å². The number of rotatable bonds is 4. The smallest absolute Gasteiger partial charge is 0.0303 e. The normalized spacial score (nSPS) is 12.2. The summed E-state index contributed by atoms with van der Waals surface area (Å²) in [5, 5.41) is 2.63. The Morgan fingerprint density at radius 3 is 2.53 bits per heavy atom. The highest BCUT2D eigenvalue weighted by Crippen LogP contribution is 2.31. The molecule has 19 heavy (non-hydrogen) atoms. The van der Waals surface area contributed by atoms with Gasteiger partial charge in [-0.2, -0.15) is 0 Å². The van der Waals surface area contributed by atoms with Crippen molar-refractivity contribution in [3.8, 4) is 0 Å². The van der Waals surface area contributed by atoms with Crippen LogP contribution in [0, 0.1) is 13.8 Å². The number of unbranched alkanes of at least 4 members (excludes halogenated alkanes) is 1. The van der Waals surface area contributed by atoms with Crippen LogP contribution in [-0.2, 0) is 0 Å². The van der Waals surface area contributed by atoms with Crippen molar-refractivity contribution in [3.63, 3.8) is 0 Å². The van der Waals surface area contributed by atoms with Crippen molar-refractivity contribution in [2.24, 2.45) is 5.73 Å². The fourth-order valence-electron chi connectivity index (χ4n) is 2.67. The summed E-state index contributed by atoms with van der Waals surface area (Å²) in [7, 11) is 0. The molecule has 2 aromatic carbocycles. The number of hydrogen-bond acceptors (Lipinski definition) is 1. The molecule has 1 atom stereocenters. The van der Waals surface area contributed by atoms with Gasteiger partial charge in [-0.25, -0.2) is 0 Å². The fourth-order valence-corrected chi connectivity index (χ4v) is 2.67. The molecule has 0 aliphatic rings. The van der Waals surface area contributed by atoms with Gasteiger partial charge < -0.3 is 11.2 Å². The minimum Gasteiger partial charge on any atom is -0.412 e. The fraction of sp³-hybridized carbons (Fsp3) is 0.412. The van der Waals surface area contributed by atoms with Gasteiger partial charge in [0.25, 0.3) is 0 Å². The molecule has 0 aliphatic carbocycles. The Morgan fingerprint density at radius 1 is 1.16 bits per heavy atom. The van der Waals surface area contributed by atoms with Gasteiger partial charge in [0.1, 0.15) is 0 Å². The molecule has 2 nitrogen and oxygen atoms in total. The van der Waals surface area contributed by atoms with Crippen LogP contribution in [0.15, 0.2) is 30.3 Å². The molecule has 2 heteroatoms. The average molecular weight is 259 g/mol. The Bertz CT molecular complexity index is 548. The number of benzene rings is 2. The van der Waals surface area contributed by atoms with Gasteiger partial charge in [-0.3, -0.25) is 0 Å². The minimum absolute atomic E-state index is 0. The third-order valence-electron chi connectivity index (χ3n) is 3.86. The summed E-state index contributed by atoms with van der Waals surface area (Å²) < 4.78 is 0. The van der Waals surface area contributed by atoms with Crippen LogP contribution < -0.4 is 5.73 Å². The number of aryl methyl sites for hydroxylation is 1. The molecule has 0 spiro atoms. The van der Waals surface area contributed by atoms with E-state index in [2.05, 4.69) is 51.1 Å². The predicted octanol–water partition coefficient (Wildman–Crippen LogP) is 3.82. The summed E-state index contributed by atoms with van der Waals surface area (Å²) in [6, 6.07) is 11.0. The van der Waals surface area contributed by atoms with E-state index in [1.165, 1.54) is 40.3 Å². The van der Waals surface area contributed by atoms with Crippen LogP contribution >= 0.6 is 0 Å². The summed E-state index contributed by atoms with van der Waals surface area (Å²) in [6.07, 6.45) is 3.48. The largest absolute Gasteiger partial charge is 0.412 e. The second kappa shape index (κ2) is 6.69. The standard InChI is InChI=1S/C17H23N.H2O/c1-4-5-10-16(18)17-13(3)12(2)11-14-8-6-7-9-15(14)17;/h6-9,11,16H,4-5,10,18H2,1-3H3;1H2. The first-order valence-electron chi connectivity index (χ1n) is 6.89. The molecular weight excluding hydrogens is 234 g/mol. The molecule has 0 radical (unpaired) electrons. The molecule has 104 valence electrons. The monoisotopic (exact) mass is 259 g/mol. The zero-order chi connectivity index (χ0) is 13.1. The van der Waals surface area contributed by atoms with Crippen LogP contribution in [0.1, 0.15) is 48.9 Å². The third kappa shape index (κ3) is 3.14. The van der Waals surface area contributed by atoms with Crippen LogP contribution in [0.3, 0.4) is 0 Å². The summed E-state index contributed by atoms with van der Waals surface area (Å²) in [4.78, 5) is 0. The van der Waals surface area contributed by atoms with Gasteiger partial charge in [-0.05, 0) is 47.7 Å². The quantitative estimate of drug-likeness (QED) is 0.891. The van der Waals surface area contributed by atoms with Crippen LogP contribution in [0.25, 0.3) is 10.8 Å². The lowest BCUT2D eigenvalue weighted by atomic mass is 9.89. The number of fused-ring (bicyclic) bond motifs is 1. The van der Waals surface area contributed by atoms with Gasteiger partial charge in [-0.15, -0.1) is 0 Å². The Labute approximate surface area is 115 Å². The van der Waals surface area contributed by atoms with Crippen LogP contribution in [0.2, 0.25) is 0 Å². The highest BCUT2D eigenvalue weighted by atomic mass is 16.0. The lowest BCUT2D eigenvalue weighted by molar-refractivity contribution is 0.604. The second-order valence-electron chi connectivity index (χ2n) is 5.20. The lowest BCUT2D eigenvalue weighted by Gasteiger charge is -2.19. The molecule has 4 N–H and O–H groups in total. The Morgan fingerprint density at radius 2 is 1.84 bits per heavy atom. The molecule has 2 rings (SSSR count). The van der Waals surface area contributed by atoms with E-state index < -0.39 is 0 Å². The van der Waals surface area contributed by atoms with Gasteiger partial charge in [0.2, 0.25) is 0 Å². The molecule has 2 aromatic rings. The first kappa shape index (κ1) is 15.7. The second-order valence-corrected chi connectivity index (χ2v) is 5.20. The van der Waals surface area contributed by atoms with Crippen molar-refractivity contribution in [3.05, 3.63) is 47.0 Å². The summed E-state index contributed by atoms with van der Waals surface area (Å²) in [6.45, 7) is 6.59. The molecular formula is C17H25NO. The van der Waals surface area contributed by atoms with Gasteiger partial charge >= 0.3 is 0 Å². The van der Waals surface area contributed by atoms with Crippen molar-refractivity contribution in [1.29, 1.82) is 0 Å². The van der Waals surface area contributed by atoms with E-state index in [9.17, 15) is 0 Å². The summed E-state index contributed by atoms with van der Waals surface area (Å²) in [5.41, 5.74) is 10.5. The predicted molar refractivity (Wildman–Crippen MR) is 83.5 cm³/mol. The van der Waals surface area contributed by atoms with Crippen LogP contribution in [-0.4, -0.2) is 5.48 Å². The van der Waals surface area contributed by atoms with Gasteiger partial charge in [0, 0.05) is 6.04 Å². The molecule has 0 fully saturated rings. The Hall–Kier alpha value is -1.38. The zero-order valence-corrected chi connectivity index (χ0v) is 12.2. The van der Waals surface area contributed by atoms with Crippen molar-refractivity contribution in [2.75, 3.05) is 0 Å². The van der Waals surface area contributed by atoms with Crippen molar-refractivity contribution >= 4 is 10.8 Å². The van der Waals surface area contributed by atoms with E-state index in [0.717, 1.165) is 6.42 Å². The molecule has 0 saturated carbocycles. The Balaban J connectivity index is 0.00000180. The van der Waals surface area contributed by atoms with Gasteiger partial charge in [0.15, 0.2) is 0 Å². The molecule has 0 aliphatic heterocycles. The zero-order valence-electron chi connectivity index (χ0n) is 12.2. The maximum absolute atomic E-state index is 6.42. The average Bonchev–Trinajstić information content (AvgIpc) is 2.37. The van der Waals surface area contributed by atoms with Gasteiger partial charge in [-0.1, -0.05) is 50.1 Å². The number of nitrogens with two attached hydrogens (primary N) is 1. The SMILES string of the molecule is CCCCC(N)c1c(C)c(C)cc2ccccc12.O. The molecule has 0 saturated heterocycles. The maximum atomic E-state index is 6.42. The molecule has 0 aromatic heterocycles. The highest BCUT2D eigenvalue weighted by molar-refractivity contribution is 5.88. The first-order valence-corrected chi connectivity index (χ1v) is 6.89. The first-order chi connectivity index (χ1) is 8.65. The van der Waals surface area contributed by atoms with E-state index in [1.807, 2.05) is 0 Å². The van der Waals surface area contributed by atoms with Crippen molar-refractivity contribution < 1.29 is 5.48 Å². The lowest BCUT2D eigenvalue weighted by Crippen LogP contribution is -2.13. The molecule has 1 unspecified atom stereocenters. The molecule has 0 bridgehead atoms. The van der Waals surface area contributed by atoms with E-state index in [4.69, 9.17) is 5.73 Å².